The predicted molar refractivity (Wildman–Crippen MR) is 98.6 cm³/mol. The van der Waals surface area contributed by atoms with E-state index in [9.17, 15) is 9.59 Å². The van der Waals surface area contributed by atoms with Crippen LogP contribution < -0.4 is 11.1 Å². The fraction of sp³-hybridized carbons (Fsp3) is 0.105. The zero-order chi connectivity index (χ0) is 17.6. The SMILES string of the molecule is NC(=O)c1csc(NC(=O)CC(c2ccccc2)c2ccccc2)n1. The van der Waals surface area contributed by atoms with Crippen molar-refractivity contribution >= 4 is 28.3 Å². The lowest BCUT2D eigenvalue weighted by Gasteiger charge is -2.17. The van der Waals surface area contributed by atoms with Crippen LogP contribution in [0.2, 0.25) is 0 Å². The van der Waals surface area contributed by atoms with E-state index in [2.05, 4.69) is 10.3 Å². The van der Waals surface area contributed by atoms with Gasteiger partial charge in [-0.15, -0.1) is 11.3 Å². The molecule has 2 aromatic carbocycles. The predicted octanol–water partition coefficient (Wildman–Crippen LogP) is 3.40. The quantitative estimate of drug-likeness (QED) is 0.714. The highest BCUT2D eigenvalue weighted by atomic mass is 32.1. The Labute approximate surface area is 149 Å². The number of nitrogens with two attached hydrogens (primary N) is 1. The van der Waals surface area contributed by atoms with Crippen molar-refractivity contribution in [3.8, 4) is 0 Å². The Morgan fingerprint density at radius 3 is 2.04 bits per heavy atom. The summed E-state index contributed by atoms with van der Waals surface area (Å²) >= 11 is 1.18. The van der Waals surface area contributed by atoms with E-state index in [0.717, 1.165) is 11.1 Å². The van der Waals surface area contributed by atoms with E-state index >= 15 is 0 Å². The number of amides is 2. The molecule has 0 atom stereocenters. The van der Waals surface area contributed by atoms with Gasteiger partial charge in [-0.1, -0.05) is 60.7 Å². The lowest BCUT2D eigenvalue weighted by Crippen LogP contribution is -2.17. The van der Waals surface area contributed by atoms with Gasteiger partial charge in [-0.25, -0.2) is 4.98 Å². The van der Waals surface area contributed by atoms with Crippen LogP contribution in [0.15, 0.2) is 66.0 Å². The van der Waals surface area contributed by atoms with Crippen molar-refractivity contribution in [2.45, 2.75) is 12.3 Å². The molecule has 1 heterocycles. The second-order valence-electron chi connectivity index (χ2n) is 5.53. The number of nitrogens with zero attached hydrogens (tertiary/aromatic N) is 1. The molecule has 0 saturated carbocycles. The molecule has 0 radical (unpaired) electrons. The molecule has 6 heteroatoms. The number of hydrogen-bond donors (Lipinski definition) is 2. The summed E-state index contributed by atoms with van der Waals surface area (Å²) in [6.07, 6.45) is 0.277. The molecular weight excluding hydrogens is 334 g/mol. The zero-order valence-electron chi connectivity index (χ0n) is 13.4. The van der Waals surface area contributed by atoms with Gasteiger partial charge in [-0.3, -0.25) is 9.59 Å². The summed E-state index contributed by atoms with van der Waals surface area (Å²) in [4.78, 5) is 27.6. The molecule has 0 aliphatic rings. The molecule has 0 aliphatic carbocycles. The first-order chi connectivity index (χ1) is 12.1. The number of hydrogen-bond acceptors (Lipinski definition) is 4. The molecule has 0 unspecified atom stereocenters. The summed E-state index contributed by atoms with van der Waals surface area (Å²) < 4.78 is 0. The molecule has 3 rings (SSSR count). The number of primary amides is 1. The van der Waals surface area contributed by atoms with E-state index in [4.69, 9.17) is 5.73 Å². The maximum Gasteiger partial charge on any atom is 0.268 e. The van der Waals surface area contributed by atoms with Crippen LogP contribution in [-0.4, -0.2) is 16.8 Å². The Morgan fingerprint density at radius 2 is 1.56 bits per heavy atom. The van der Waals surface area contributed by atoms with Gasteiger partial charge in [0.1, 0.15) is 5.69 Å². The van der Waals surface area contributed by atoms with Crippen LogP contribution >= 0.6 is 11.3 Å². The Morgan fingerprint density at radius 1 is 1.00 bits per heavy atom. The van der Waals surface area contributed by atoms with Crippen molar-refractivity contribution in [1.29, 1.82) is 0 Å². The van der Waals surface area contributed by atoms with Crippen molar-refractivity contribution in [2.24, 2.45) is 5.73 Å². The summed E-state index contributed by atoms with van der Waals surface area (Å²) in [6.45, 7) is 0. The smallest absolute Gasteiger partial charge is 0.268 e. The average molecular weight is 351 g/mol. The number of rotatable bonds is 6. The van der Waals surface area contributed by atoms with Gasteiger partial charge in [0, 0.05) is 17.7 Å². The molecule has 0 aliphatic heterocycles. The molecule has 0 spiro atoms. The summed E-state index contributed by atoms with van der Waals surface area (Å²) in [6, 6.07) is 19.8. The van der Waals surface area contributed by atoms with Crippen molar-refractivity contribution in [1.82, 2.24) is 4.98 Å². The summed E-state index contributed by atoms with van der Waals surface area (Å²) in [5.41, 5.74) is 7.48. The molecule has 1 aromatic heterocycles. The van der Waals surface area contributed by atoms with Crippen LogP contribution in [0.4, 0.5) is 5.13 Å². The van der Waals surface area contributed by atoms with Gasteiger partial charge in [0.2, 0.25) is 5.91 Å². The van der Waals surface area contributed by atoms with Gasteiger partial charge in [-0.05, 0) is 11.1 Å². The molecular formula is C19H17N3O2S. The van der Waals surface area contributed by atoms with E-state index in [1.54, 1.807) is 0 Å². The van der Waals surface area contributed by atoms with Gasteiger partial charge in [0.25, 0.3) is 5.91 Å². The minimum Gasteiger partial charge on any atom is -0.364 e. The molecule has 0 fully saturated rings. The lowest BCUT2D eigenvalue weighted by atomic mass is 9.88. The molecule has 0 saturated heterocycles. The van der Waals surface area contributed by atoms with E-state index in [1.165, 1.54) is 16.7 Å². The average Bonchev–Trinajstić information content (AvgIpc) is 3.10. The maximum absolute atomic E-state index is 12.5. The van der Waals surface area contributed by atoms with Gasteiger partial charge in [0.15, 0.2) is 5.13 Å². The van der Waals surface area contributed by atoms with E-state index in [0.29, 0.717) is 5.13 Å². The van der Waals surface area contributed by atoms with Crippen molar-refractivity contribution in [2.75, 3.05) is 5.32 Å². The van der Waals surface area contributed by atoms with E-state index in [1.807, 2.05) is 60.7 Å². The summed E-state index contributed by atoms with van der Waals surface area (Å²) in [5, 5.41) is 4.65. The number of anilines is 1. The normalized spacial score (nSPS) is 10.6. The molecule has 25 heavy (non-hydrogen) atoms. The number of nitrogens with one attached hydrogen (secondary N) is 1. The highest BCUT2D eigenvalue weighted by Gasteiger charge is 2.19. The van der Waals surface area contributed by atoms with Crippen molar-refractivity contribution < 1.29 is 9.59 Å². The molecule has 2 amide bonds. The van der Waals surface area contributed by atoms with E-state index < -0.39 is 5.91 Å². The molecule has 3 aromatic rings. The first-order valence-corrected chi connectivity index (χ1v) is 8.66. The second-order valence-corrected chi connectivity index (χ2v) is 6.39. The molecule has 5 nitrogen and oxygen atoms in total. The fourth-order valence-electron chi connectivity index (χ4n) is 2.60. The number of thiazole rings is 1. The fourth-order valence-corrected chi connectivity index (χ4v) is 3.31. The molecule has 3 N–H and O–H groups in total. The largest absolute Gasteiger partial charge is 0.364 e. The van der Waals surface area contributed by atoms with Gasteiger partial charge < -0.3 is 11.1 Å². The van der Waals surface area contributed by atoms with Gasteiger partial charge in [0.05, 0.1) is 0 Å². The lowest BCUT2D eigenvalue weighted by molar-refractivity contribution is -0.116. The number of aromatic nitrogens is 1. The van der Waals surface area contributed by atoms with Crippen molar-refractivity contribution in [3.05, 3.63) is 82.9 Å². The van der Waals surface area contributed by atoms with Gasteiger partial charge in [-0.2, -0.15) is 0 Å². The van der Waals surface area contributed by atoms with Crippen LogP contribution in [0.3, 0.4) is 0 Å². The minimum absolute atomic E-state index is 0.0574. The standard InChI is InChI=1S/C19H17N3O2S/c20-18(24)16-12-25-19(21-16)22-17(23)11-15(13-7-3-1-4-8-13)14-9-5-2-6-10-14/h1-10,12,15H,11H2,(H2,20,24)(H,21,22,23). The Kier molecular flexibility index (Phi) is 5.20. The first kappa shape index (κ1) is 16.9. The molecule has 0 bridgehead atoms. The molecule has 126 valence electrons. The van der Waals surface area contributed by atoms with Crippen LogP contribution in [-0.2, 0) is 4.79 Å². The van der Waals surface area contributed by atoms with Crippen LogP contribution in [0, 0.1) is 0 Å². The number of carbonyl (C=O) groups is 2. The first-order valence-electron chi connectivity index (χ1n) is 7.78. The Bertz CT molecular complexity index is 823. The monoisotopic (exact) mass is 351 g/mol. The van der Waals surface area contributed by atoms with Crippen LogP contribution in [0.5, 0.6) is 0 Å². The number of carbonyl (C=O) groups excluding carboxylic acids is 2. The second kappa shape index (κ2) is 7.72. The van der Waals surface area contributed by atoms with Gasteiger partial charge >= 0.3 is 0 Å². The Hall–Kier alpha value is -2.99. The third-order valence-corrected chi connectivity index (χ3v) is 4.55. The summed E-state index contributed by atoms with van der Waals surface area (Å²) in [7, 11) is 0. The Balaban J connectivity index is 1.78. The topological polar surface area (TPSA) is 85.1 Å². The zero-order valence-corrected chi connectivity index (χ0v) is 14.2. The highest BCUT2D eigenvalue weighted by molar-refractivity contribution is 7.14. The maximum atomic E-state index is 12.5. The summed E-state index contributed by atoms with van der Waals surface area (Å²) in [5.74, 6) is -0.829. The van der Waals surface area contributed by atoms with Crippen LogP contribution in [0.25, 0.3) is 0 Å². The minimum atomic E-state index is -0.608. The van der Waals surface area contributed by atoms with E-state index in [-0.39, 0.29) is 23.9 Å². The third kappa shape index (κ3) is 4.30. The van der Waals surface area contributed by atoms with Crippen molar-refractivity contribution in [3.63, 3.8) is 0 Å². The van der Waals surface area contributed by atoms with Crippen LogP contribution in [0.1, 0.15) is 34.0 Å². The third-order valence-electron chi connectivity index (χ3n) is 3.80. The number of benzene rings is 2. The highest BCUT2D eigenvalue weighted by Crippen LogP contribution is 2.28.